The normalized spacial score (nSPS) is 14.8. The van der Waals surface area contributed by atoms with Crippen molar-refractivity contribution in [1.29, 1.82) is 0 Å². The van der Waals surface area contributed by atoms with Gasteiger partial charge >= 0.3 is 0 Å². The molecule has 1 aromatic carbocycles. The van der Waals surface area contributed by atoms with Crippen LogP contribution in [0.1, 0.15) is 46.7 Å². The number of benzene rings is 1. The summed E-state index contributed by atoms with van der Waals surface area (Å²) in [5, 5.41) is 2.91. The highest BCUT2D eigenvalue weighted by atomic mass is 16.7. The van der Waals surface area contributed by atoms with E-state index in [1.54, 1.807) is 17.9 Å². The standard InChI is InChI=1S/C21H24N2O5/c1-13-9-17(14(2)28-13)21(25)23(16-4-5-16)8-7-20(24)22-11-15-3-6-18-19(10-15)27-12-26-18/h3,6,9-10,16H,4-5,7-8,11-12H2,1-2H3,(H,22,24). The number of amides is 2. The van der Waals surface area contributed by atoms with E-state index < -0.39 is 0 Å². The number of nitrogens with one attached hydrogen (secondary N) is 1. The summed E-state index contributed by atoms with van der Waals surface area (Å²) in [6.45, 7) is 4.66. The first-order valence-corrected chi connectivity index (χ1v) is 9.54. The van der Waals surface area contributed by atoms with Gasteiger partial charge in [-0.3, -0.25) is 9.59 Å². The van der Waals surface area contributed by atoms with Gasteiger partial charge in [-0.05, 0) is 50.5 Å². The van der Waals surface area contributed by atoms with Gasteiger partial charge in [0.15, 0.2) is 11.5 Å². The van der Waals surface area contributed by atoms with E-state index in [9.17, 15) is 9.59 Å². The van der Waals surface area contributed by atoms with Gasteiger partial charge in [-0.15, -0.1) is 0 Å². The van der Waals surface area contributed by atoms with Crippen molar-refractivity contribution >= 4 is 11.8 Å². The molecular weight excluding hydrogens is 360 g/mol. The summed E-state index contributed by atoms with van der Waals surface area (Å²) in [4.78, 5) is 27.0. The number of carbonyl (C=O) groups excluding carboxylic acids is 2. The summed E-state index contributed by atoms with van der Waals surface area (Å²) in [5.41, 5.74) is 1.53. The molecule has 4 rings (SSSR count). The lowest BCUT2D eigenvalue weighted by molar-refractivity contribution is -0.121. The largest absolute Gasteiger partial charge is 0.466 e. The maximum atomic E-state index is 12.9. The predicted octanol–water partition coefficient (Wildman–Crippen LogP) is 2.94. The summed E-state index contributed by atoms with van der Waals surface area (Å²) in [6, 6.07) is 7.60. The van der Waals surface area contributed by atoms with E-state index in [1.807, 2.05) is 25.1 Å². The molecule has 2 aromatic rings. The number of furan rings is 1. The minimum Gasteiger partial charge on any atom is -0.466 e. The zero-order valence-electron chi connectivity index (χ0n) is 16.1. The number of fused-ring (bicyclic) bond motifs is 1. The summed E-state index contributed by atoms with van der Waals surface area (Å²) >= 11 is 0. The van der Waals surface area contributed by atoms with Crippen molar-refractivity contribution in [2.24, 2.45) is 0 Å². The van der Waals surface area contributed by atoms with Crippen LogP contribution >= 0.6 is 0 Å². The van der Waals surface area contributed by atoms with Crippen molar-refractivity contribution in [2.75, 3.05) is 13.3 Å². The van der Waals surface area contributed by atoms with Gasteiger partial charge in [0.05, 0.1) is 5.56 Å². The molecule has 1 fully saturated rings. The fourth-order valence-corrected chi connectivity index (χ4v) is 3.40. The van der Waals surface area contributed by atoms with Gasteiger partial charge in [0.2, 0.25) is 12.7 Å². The molecule has 2 amide bonds. The van der Waals surface area contributed by atoms with Crippen LogP contribution in [0.4, 0.5) is 0 Å². The summed E-state index contributed by atoms with van der Waals surface area (Å²) in [7, 11) is 0. The Morgan fingerprint density at radius 3 is 2.64 bits per heavy atom. The molecule has 2 aliphatic rings. The Balaban J connectivity index is 1.31. The molecule has 1 aliphatic carbocycles. The molecule has 0 saturated heterocycles. The van der Waals surface area contributed by atoms with E-state index in [1.165, 1.54) is 0 Å². The summed E-state index contributed by atoms with van der Waals surface area (Å²) < 4.78 is 16.1. The van der Waals surface area contributed by atoms with Crippen LogP contribution in [0.25, 0.3) is 0 Å². The highest BCUT2D eigenvalue weighted by Crippen LogP contribution is 2.32. The van der Waals surface area contributed by atoms with Crippen molar-refractivity contribution in [3.63, 3.8) is 0 Å². The molecule has 7 heteroatoms. The van der Waals surface area contributed by atoms with E-state index in [0.717, 1.165) is 29.9 Å². The number of ether oxygens (including phenoxy) is 2. The van der Waals surface area contributed by atoms with Gasteiger partial charge in [0, 0.05) is 25.6 Å². The maximum Gasteiger partial charge on any atom is 0.257 e. The van der Waals surface area contributed by atoms with E-state index in [2.05, 4.69) is 5.32 Å². The number of carbonyl (C=O) groups is 2. The molecule has 2 heterocycles. The Morgan fingerprint density at radius 2 is 1.93 bits per heavy atom. The predicted molar refractivity (Wildman–Crippen MR) is 101 cm³/mol. The van der Waals surface area contributed by atoms with Gasteiger partial charge in [0.1, 0.15) is 11.5 Å². The number of nitrogens with zero attached hydrogens (tertiary/aromatic N) is 1. The SMILES string of the molecule is Cc1cc(C(=O)N(CCC(=O)NCc2ccc3c(c2)OCO3)C2CC2)c(C)o1. The molecule has 28 heavy (non-hydrogen) atoms. The lowest BCUT2D eigenvalue weighted by Gasteiger charge is -2.22. The van der Waals surface area contributed by atoms with Crippen LogP contribution in [0.3, 0.4) is 0 Å². The average Bonchev–Trinajstić information content (AvgIpc) is 3.29. The Labute approximate surface area is 163 Å². The lowest BCUT2D eigenvalue weighted by Crippen LogP contribution is -2.36. The first kappa shape index (κ1) is 18.4. The van der Waals surface area contributed by atoms with Crippen LogP contribution in [0.2, 0.25) is 0 Å². The molecule has 1 aromatic heterocycles. The minimum atomic E-state index is -0.0868. The van der Waals surface area contributed by atoms with E-state index >= 15 is 0 Å². The number of hydrogen-bond donors (Lipinski definition) is 1. The van der Waals surface area contributed by atoms with E-state index in [0.29, 0.717) is 30.2 Å². The van der Waals surface area contributed by atoms with E-state index in [4.69, 9.17) is 13.9 Å². The van der Waals surface area contributed by atoms with Crippen LogP contribution in [0, 0.1) is 13.8 Å². The molecule has 1 aliphatic heterocycles. The fourth-order valence-electron chi connectivity index (χ4n) is 3.40. The monoisotopic (exact) mass is 384 g/mol. The molecule has 0 spiro atoms. The molecule has 148 valence electrons. The van der Waals surface area contributed by atoms with Crippen molar-refractivity contribution in [3.8, 4) is 11.5 Å². The zero-order valence-corrected chi connectivity index (χ0v) is 16.1. The number of aryl methyl sites for hydroxylation is 2. The van der Waals surface area contributed by atoms with Crippen molar-refractivity contribution < 1.29 is 23.5 Å². The smallest absolute Gasteiger partial charge is 0.257 e. The topological polar surface area (TPSA) is 81.0 Å². The molecule has 1 N–H and O–H groups in total. The maximum absolute atomic E-state index is 12.9. The molecule has 7 nitrogen and oxygen atoms in total. The van der Waals surface area contributed by atoms with Crippen LogP contribution < -0.4 is 14.8 Å². The summed E-state index contributed by atoms with van der Waals surface area (Å²) in [6.07, 6.45) is 2.24. The fraction of sp³-hybridized carbons (Fsp3) is 0.429. The first-order chi connectivity index (χ1) is 13.5. The van der Waals surface area contributed by atoms with Crippen molar-refractivity contribution in [3.05, 3.63) is 46.9 Å². The average molecular weight is 384 g/mol. The van der Waals surface area contributed by atoms with E-state index in [-0.39, 0.29) is 31.1 Å². The van der Waals surface area contributed by atoms with Crippen LogP contribution in [0.15, 0.2) is 28.7 Å². The second kappa shape index (κ2) is 7.58. The summed E-state index contributed by atoms with van der Waals surface area (Å²) in [5.74, 6) is 2.62. The molecular formula is C21H24N2O5. The Morgan fingerprint density at radius 1 is 1.14 bits per heavy atom. The number of rotatable bonds is 7. The van der Waals surface area contributed by atoms with Gasteiger partial charge in [-0.25, -0.2) is 0 Å². The third kappa shape index (κ3) is 3.98. The van der Waals surface area contributed by atoms with Gasteiger partial charge < -0.3 is 24.1 Å². The third-order valence-corrected chi connectivity index (χ3v) is 5.03. The highest BCUT2D eigenvalue weighted by molar-refractivity contribution is 5.96. The minimum absolute atomic E-state index is 0.0552. The van der Waals surface area contributed by atoms with Crippen LogP contribution in [0.5, 0.6) is 11.5 Å². The number of hydrogen-bond acceptors (Lipinski definition) is 5. The molecule has 0 atom stereocenters. The Kier molecular flexibility index (Phi) is 4.98. The van der Waals surface area contributed by atoms with Crippen molar-refractivity contribution in [1.82, 2.24) is 10.2 Å². The lowest BCUT2D eigenvalue weighted by atomic mass is 10.2. The zero-order chi connectivity index (χ0) is 19.7. The first-order valence-electron chi connectivity index (χ1n) is 9.54. The second-order valence-corrected chi connectivity index (χ2v) is 7.27. The highest BCUT2D eigenvalue weighted by Gasteiger charge is 2.34. The van der Waals surface area contributed by atoms with Gasteiger partial charge in [0.25, 0.3) is 5.91 Å². The quantitative estimate of drug-likeness (QED) is 0.794. The van der Waals surface area contributed by atoms with Gasteiger partial charge in [-0.1, -0.05) is 6.07 Å². The Hall–Kier alpha value is -2.96. The molecule has 0 unspecified atom stereocenters. The van der Waals surface area contributed by atoms with Crippen molar-refractivity contribution in [2.45, 2.75) is 45.7 Å². The Bertz CT molecular complexity index is 900. The van der Waals surface area contributed by atoms with Crippen LogP contribution in [-0.4, -0.2) is 36.1 Å². The third-order valence-electron chi connectivity index (χ3n) is 5.03. The molecule has 0 radical (unpaired) electrons. The molecule has 1 saturated carbocycles. The molecule has 0 bridgehead atoms. The second-order valence-electron chi connectivity index (χ2n) is 7.27. The van der Waals surface area contributed by atoms with Crippen LogP contribution in [-0.2, 0) is 11.3 Å². The van der Waals surface area contributed by atoms with Gasteiger partial charge in [-0.2, -0.15) is 0 Å².